The van der Waals surface area contributed by atoms with Gasteiger partial charge in [-0.15, -0.1) is 11.3 Å². The summed E-state index contributed by atoms with van der Waals surface area (Å²) in [6.07, 6.45) is 0.0196. The molecular formula is C18H18N2O3S. The molecule has 3 aromatic rings. The molecule has 1 aromatic carbocycles. The van der Waals surface area contributed by atoms with Gasteiger partial charge in [0.05, 0.1) is 16.8 Å². The van der Waals surface area contributed by atoms with Crippen molar-refractivity contribution in [1.82, 2.24) is 4.98 Å². The normalized spacial score (nSPS) is 10.8. The fourth-order valence-corrected chi connectivity index (χ4v) is 2.79. The summed E-state index contributed by atoms with van der Waals surface area (Å²) in [5.74, 6) is 1.11. The lowest BCUT2D eigenvalue weighted by molar-refractivity contribution is 0.0996. The van der Waals surface area contributed by atoms with Crippen LogP contribution in [0.1, 0.15) is 29.4 Å². The number of hydrogen-bond donors (Lipinski definition) is 1. The van der Waals surface area contributed by atoms with Crippen molar-refractivity contribution in [2.24, 2.45) is 0 Å². The van der Waals surface area contributed by atoms with E-state index < -0.39 is 0 Å². The first kappa shape index (κ1) is 16.3. The fraction of sp³-hybridized carbons (Fsp3) is 0.222. The zero-order chi connectivity index (χ0) is 17.1. The van der Waals surface area contributed by atoms with E-state index in [9.17, 15) is 4.79 Å². The first-order chi connectivity index (χ1) is 11.5. The van der Waals surface area contributed by atoms with Gasteiger partial charge in [0.2, 0.25) is 0 Å². The van der Waals surface area contributed by atoms with E-state index in [2.05, 4.69) is 10.3 Å². The molecule has 1 N–H and O–H groups in total. The third-order valence-corrected chi connectivity index (χ3v) is 3.97. The van der Waals surface area contributed by atoms with Gasteiger partial charge in [-0.3, -0.25) is 4.79 Å². The summed E-state index contributed by atoms with van der Waals surface area (Å²) in [6.45, 7) is 5.80. The van der Waals surface area contributed by atoms with Gasteiger partial charge < -0.3 is 14.5 Å². The summed E-state index contributed by atoms with van der Waals surface area (Å²) < 4.78 is 11.3. The van der Waals surface area contributed by atoms with E-state index in [4.69, 9.17) is 9.15 Å². The Labute approximate surface area is 144 Å². The number of carbonyl (C=O) groups excluding carboxylic acids is 1. The van der Waals surface area contributed by atoms with Crippen LogP contribution >= 0.6 is 11.3 Å². The third kappa shape index (κ3) is 3.65. The Bertz CT molecular complexity index is 851. The highest BCUT2D eigenvalue weighted by molar-refractivity contribution is 7.09. The SMILES string of the molecule is Cc1nc(-c2ccc(C(=O)Nc3ccccc3OC(C)C)o2)cs1. The van der Waals surface area contributed by atoms with Crippen LogP contribution in [0.5, 0.6) is 5.75 Å². The zero-order valence-electron chi connectivity index (χ0n) is 13.7. The first-order valence-electron chi connectivity index (χ1n) is 7.62. The van der Waals surface area contributed by atoms with Gasteiger partial charge in [0.1, 0.15) is 11.4 Å². The molecule has 6 heteroatoms. The number of anilines is 1. The van der Waals surface area contributed by atoms with E-state index in [-0.39, 0.29) is 17.8 Å². The summed E-state index contributed by atoms with van der Waals surface area (Å²) in [4.78, 5) is 16.8. The number of amides is 1. The predicted octanol–water partition coefficient (Wildman–Crippen LogP) is 4.75. The van der Waals surface area contributed by atoms with Crippen LogP contribution in [0.25, 0.3) is 11.5 Å². The standard InChI is InChI=1S/C18H18N2O3S/c1-11(2)22-15-7-5-4-6-13(15)20-18(21)17-9-8-16(23-17)14-10-24-12(3)19-14/h4-11H,1-3H3,(H,20,21). The molecule has 0 saturated heterocycles. The highest BCUT2D eigenvalue weighted by atomic mass is 32.1. The van der Waals surface area contributed by atoms with Crippen molar-refractivity contribution in [2.45, 2.75) is 26.9 Å². The zero-order valence-corrected chi connectivity index (χ0v) is 14.5. The van der Waals surface area contributed by atoms with Crippen molar-refractivity contribution in [3.8, 4) is 17.2 Å². The number of nitrogens with zero attached hydrogens (tertiary/aromatic N) is 1. The molecule has 0 aliphatic carbocycles. The molecule has 0 atom stereocenters. The van der Waals surface area contributed by atoms with Gasteiger partial charge in [0.25, 0.3) is 5.91 Å². The van der Waals surface area contributed by atoms with E-state index in [0.717, 1.165) is 10.7 Å². The Hall–Kier alpha value is -2.60. The Morgan fingerprint density at radius 3 is 2.75 bits per heavy atom. The van der Waals surface area contributed by atoms with Gasteiger partial charge in [-0.1, -0.05) is 12.1 Å². The van der Waals surface area contributed by atoms with Crippen LogP contribution in [0.15, 0.2) is 46.2 Å². The molecule has 24 heavy (non-hydrogen) atoms. The average molecular weight is 342 g/mol. The molecule has 124 valence electrons. The van der Waals surface area contributed by atoms with Crippen molar-refractivity contribution < 1.29 is 13.9 Å². The second kappa shape index (κ2) is 6.88. The van der Waals surface area contributed by atoms with Crippen LogP contribution in [-0.4, -0.2) is 17.0 Å². The molecule has 1 amide bonds. The summed E-state index contributed by atoms with van der Waals surface area (Å²) in [7, 11) is 0. The second-order valence-corrected chi connectivity index (χ2v) is 6.59. The number of ether oxygens (including phenoxy) is 1. The summed E-state index contributed by atoms with van der Waals surface area (Å²) in [5, 5.41) is 5.68. The lowest BCUT2D eigenvalue weighted by Gasteiger charge is -2.14. The van der Waals surface area contributed by atoms with Crippen LogP contribution in [0.3, 0.4) is 0 Å². The Kier molecular flexibility index (Phi) is 4.66. The smallest absolute Gasteiger partial charge is 0.291 e. The molecule has 0 fully saturated rings. The average Bonchev–Trinajstić information content (AvgIpc) is 3.17. The highest BCUT2D eigenvalue weighted by Crippen LogP contribution is 2.27. The van der Waals surface area contributed by atoms with E-state index >= 15 is 0 Å². The molecule has 0 unspecified atom stereocenters. The quantitative estimate of drug-likeness (QED) is 0.726. The van der Waals surface area contributed by atoms with Crippen LogP contribution in [0.4, 0.5) is 5.69 Å². The molecule has 0 radical (unpaired) electrons. The fourth-order valence-electron chi connectivity index (χ4n) is 2.18. The summed E-state index contributed by atoms with van der Waals surface area (Å²) in [5.41, 5.74) is 1.35. The molecule has 3 rings (SSSR count). The number of carbonyl (C=O) groups is 1. The molecule has 2 aromatic heterocycles. The molecule has 0 spiro atoms. The predicted molar refractivity (Wildman–Crippen MR) is 94.7 cm³/mol. The maximum atomic E-state index is 12.4. The van der Waals surface area contributed by atoms with E-state index in [1.54, 1.807) is 18.2 Å². The van der Waals surface area contributed by atoms with Gasteiger partial charge in [-0.05, 0) is 45.0 Å². The maximum absolute atomic E-state index is 12.4. The number of aromatic nitrogens is 1. The molecule has 0 aliphatic rings. The van der Waals surface area contributed by atoms with Crippen molar-refractivity contribution >= 4 is 22.9 Å². The monoisotopic (exact) mass is 342 g/mol. The van der Waals surface area contributed by atoms with E-state index in [1.807, 2.05) is 44.4 Å². The molecule has 2 heterocycles. The number of aryl methyl sites for hydroxylation is 1. The minimum absolute atomic E-state index is 0.0196. The topological polar surface area (TPSA) is 64.4 Å². The minimum Gasteiger partial charge on any atom is -0.489 e. The number of nitrogens with one attached hydrogen (secondary N) is 1. The van der Waals surface area contributed by atoms with E-state index in [0.29, 0.717) is 17.2 Å². The summed E-state index contributed by atoms with van der Waals surface area (Å²) >= 11 is 1.54. The lowest BCUT2D eigenvalue weighted by Crippen LogP contribution is -2.13. The van der Waals surface area contributed by atoms with Crippen LogP contribution < -0.4 is 10.1 Å². The van der Waals surface area contributed by atoms with Gasteiger partial charge >= 0.3 is 0 Å². The number of benzene rings is 1. The third-order valence-electron chi connectivity index (χ3n) is 3.20. The first-order valence-corrected chi connectivity index (χ1v) is 8.50. The van der Waals surface area contributed by atoms with Crippen LogP contribution in [0.2, 0.25) is 0 Å². The highest BCUT2D eigenvalue weighted by Gasteiger charge is 2.16. The Morgan fingerprint density at radius 2 is 2.04 bits per heavy atom. The second-order valence-electron chi connectivity index (χ2n) is 5.53. The van der Waals surface area contributed by atoms with Crippen molar-refractivity contribution in [3.63, 3.8) is 0 Å². The number of para-hydroxylation sites is 2. The minimum atomic E-state index is -0.326. The Morgan fingerprint density at radius 1 is 1.25 bits per heavy atom. The van der Waals surface area contributed by atoms with Crippen molar-refractivity contribution in [3.05, 3.63) is 52.5 Å². The number of furan rings is 1. The van der Waals surface area contributed by atoms with Crippen LogP contribution in [-0.2, 0) is 0 Å². The molecule has 0 saturated carbocycles. The van der Waals surface area contributed by atoms with E-state index in [1.165, 1.54) is 11.3 Å². The van der Waals surface area contributed by atoms with Gasteiger partial charge in [-0.25, -0.2) is 4.98 Å². The lowest BCUT2D eigenvalue weighted by atomic mass is 10.2. The van der Waals surface area contributed by atoms with Gasteiger partial charge in [-0.2, -0.15) is 0 Å². The molecule has 0 bridgehead atoms. The maximum Gasteiger partial charge on any atom is 0.291 e. The molecule has 5 nitrogen and oxygen atoms in total. The largest absolute Gasteiger partial charge is 0.489 e. The van der Waals surface area contributed by atoms with Gasteiger partial charge in [0, 0.05) is 5.38 Å². The van der Waals surface area contributed by atoms with Crippen molar-refractivity contribution in [1.29, 1.82) is 0 Å². The number of thiazole rings is 1. The summed E-state index contributed by atoms with van der Waals surface area (Å²) in [6, 6.07) is 10.7. The Balaban J connectivity index is 1.78. The van der Waals surface area contributed by atoms with Crippen molar-refractivity contribution in [2.75, 3.05) is 5.32 Å². The van der Waals surface area contributed by atoms with Gasteiger partial charge in [0.15, 0.2) is 11.5 Å². The molecule has 0 aliphatic heterocycles. The molecular weight excluding hydrogens is 324 g/mol. The van der Waals surface area contributed by atoms with Crippen LogP contribution in [0, 0.1) is 6.92 Å². The number of hydrogen-bond acceptors (Lipinski definition) is 5. The number of rotatable bonds is 5.